The second-order valence-corrected chi connectivity index (χ2v) is 3.18. The number of aromatic hydroxyl groups is 1. The van der Waals surface area contributed by atoms with Crippen molar-refractivity contribution in [1.29, 1.82) is 0 Å². The maximum Gasteiger partial charge on any atom is 0.259 e. The summed E-state index contributed by atoms with van der Waals surface area (Å²) in [7, 11) is 0. The maximum atomic E-state index is 13.5. The zero-order valence-corrected chi connectivity index (χ0v) is 8.51. The standard InChI is InChI=1S/C11H9FN2O2/c1-7-10(12)11(14-6-13-7)16-9-4-2-3-8(15)5-9/h2-6,15H,1H3. The summed E-state index contributed by atoms with van der Waals surface area (Å²) in [5.74, 6) is -0.398. The summed E-state index contributed by atoms with van der Waals surface area (Å²) in [6, 6.07) is 6.05. The summed E-state index contributed by atoms with van der Waals surface area (Å²) < 4.78 is 18.7. The molecule has 1 heterocycles. The number of benzene rings is 1. The van der Waals surface area contributed by atoms with Crippen molar-refractivity contribution >= 4 is 0 Å². The van der Waals surface area contributed by atoms with E-state index in [-0.39, 0.29) is 17.3 Å². The Morgan fingerprint density at radius 1 is 1.31 bits per heavy atom. The molecule has 0 amide bonds. The van der Waals surface area contributed by atoms with Gasteiger partial charge in [-0.05, 0) is 19.1 Å². The van der Waals surface area contributed by atoms with Crippen LogP contribution >= 0.6 is 0 Å². The molecule has 2 rings (SSSR count). The van der Waals surface area contributed by atoms with Crippen molar-refractivity contribution in [3.8, 4) is 17.4 Å². The first kappa shape index (κ1) is 10.4. The van der Waals surface area contributed by atoms with Crippen molar-refractivity contribution in [2.45, 2.75) is 6.92 Å². The number of ether oxygens (including phenoxy) is 1. The van der Waals surface area contributed by atoms with E-state index in [1.807, 2.05) is 0 Å². The van der Waals surface area contributed by atoms with E-state index in [9.17, 15) is 9.50 Å². The van der Waals surface area contributed by atoms with E-state index in [1.165, 1.54) is 25.4 Å². The number of phenolic OH excluding ortho intramolecular Hbond substituents is 1. The lowest BCUT2D eigenvalue weighted by Gasteiger charge is -2.06. The molecule has 5 heteroatoms. The van der Waals surface area contributed by atoms with Crippen LogP contribution in [0.15, 0.2) is 30.6 Å². The minimum atomic E-state index is -0.606. The fourth-order valence-electron chi connectivity index (χ4n) is 1.17. The molecule has 0 saturated carbocycles. The lowest BCUT2D eigenvalue weighted by molar-refractivity contribution is 0.411. The summed E-state index contributed by atoms with van der Waals surface area (Å²) in [5, 5.41) is 9.21. The summed E-state index contributed by atoms with van der Waals surface area (Å²) in [4.78, 5) is 7.36. The predicted octanol–water partition coefficient (Wildman–Crippen LogP) is 2.42. The zero-order chi connectivity index (χ0) is 11.5. The highest BCUT2D eigenvalue weighted by atomic mass is 19.1. The smallest absolute Gasteiger partial charge is 0.259 e. The molecular formula is C11H9FN2O2. The Morgan fingerprint density at radius 3 is 2.88 bits per heavy atom. The molecule has 1 aromatic carbocycles. The van der Waals surface area contributed by atoms with Crippen LogP contribution in [0.2, 0.25) is 0 Å². The fraction of sp³-hybridized carbons (Fsp3) is 0.0909. The number of aromatic nitrogens is 2. The Kier molecular flexibility index (Phi) is 2.68. The highest BCUT2D eigenvalue weighted by Gasteiger charge is 2.09. The zero-order valence-electron chi connectivity index (χ0n) is 8.51. The normalized spacial score (nSPS) is 10.1. The van der Waals surface area contributed by atoms with Crippen LogP contribution in [0.3, 0.4) is 0 Å². The van der Waals surface area contributed by atoms with E-state index in [0.717, 1.165) is 0 Å². The molecule has 0 radical (unpaired) electrons. The first-order valence-electron chi connectivity index (χ1n) is 4.61. The monoisotopic (exact) mass is 220 g/mol. The quantitative estimate of drug-likeness (QED) is 0.844. The molecule has 16 heavy (non-hydrogen) atoms. The third-order valence-corrected chi connectivity index (χ3v) is 1.96. The minimum Gasteiger partial charge on any atom is -0.508 e. The molecule has 0 aliphatic heterocycles. The fourth-order valence-corrected chi connectivity index (χ4v) is 1.17. The van der Waals surface area contributed by atoms with Gasteiger partial charge in [0.1, 0.15) is 17.8 Å². The number of hydrogen-bond donors (Lipinski definition) is 1. The van der Waals surface area contributed by atoms with Crippen molar-refractivity contribution in [3.63, 3.8) is 0 Å². The van der Waals surface area contributed by atoms with Crippen molar-refractivity contribution < 1.29 is 14.2 Å². The van der Waals surface area contributed by atoms with Gasteiger partial charge in [-0.25, -0.2) is 4.98 Å². The van der Waals surface area contributed by atoms with Gasteiger partial charge in [0.25, 0.3) is 5.88 Å². The summed E-state index contributed by atoms with van der Waals surface area (Å²) in [6.45, 7) is 1.52. The van der Waals surface area contributed by atoms with Crippen LogP contribution in [-0.2, 0) is 0 Å². The van der Waals surface area contributed by atoms with Crippen LogP contribution in [-0.4, -0.2) is 15.1 Å². The molecule has 0 atom stereocenters. The minimum absolute atomic E-state index is 0.0451. The third kappa shape index (κ3) is 2.08. The average molecular weight is 220 g/mol. The van der Waals surface area contributed by atoms with Crippen LogP contribution in [0.4, 0.5) is 4.39 Å². The molecule has 82 valence electrons. The Bertz CT molecular complexity index is 517. The lowest BCUT2D eigenvalue weighted by atomic mass is 10.3. The second-order valence-electron chi connectivity index (χ2n) is 3.18. The van der Waals surface area contributed by atoms with E-state index in [2.05, 4.69) is 9.97 Å². The third-order valence-electron chi connectivity index (χ3n) is 1.96. The topological polar surface area (TPSA) is 55.2 Å². The highest BCUT2D eigenvalue weighted by molar-refractivity contribution is 5.34. The molecule has 0 saturated heterocycles. The molecule has 0 fully saturated rings. The van der Waals surface area contributed by atoms with Crippen molar-refractivity contribution in [1.82, 2.24) is 9.97 Å². The van der Waals surface area contributed by atoms with Crippen LogP contribution in [0.25, 0.3) is 0 Å². The molecule has 1 N–H and O–H groups in total. The van der Waals surface area contributed by atoms with Gasteiger partial charge in [0.05, 0.1) is 5.69 Å². The van der Waals surface area contributed by atoms with Gasteiger partial charge in [-0.15, -0.1) is 0 Å². The molecule has 1 aromatic heterocycles. The van der Waals surface area contributed by atoms with Gasteiger partial charge in [0.2, 0.25) is 5.82 Å². The molecule has 0 bridgehead atoms. The first-order valence-corrected chi connectivity index (χ1v) is 4.61. The van der Waals surface area contributed by atoms with Gasteiger partial charge >= 0.3 is 0 Å². The predicted molar refractivity (Wildman–Crippen MR) is 54.9 cm³/mol. The van der Waals surface area contributed by atoms with Crippen LogP contribution in [0.5, 0.6) is 17.4 Å². The highest BCUT2D eigenvalue weighted by Crippen LogP contribution is 2.25. The molecule has 4 nitrogen and oxygen atoms in total. The van der Waals surface area contributed by atoms with Crippen molar-refractivity contribution in [2.24, 2.45) is 0 Å². The molecule has 0 spiro atoms. The lowest BCUT2D eigenvalue weighted by Crippen LogP contribution is -1.96. The van der Waals surface area contributed by atoms with E-state index >= 15 is 0 Å². The van der Waals surface area contributed by atoms with Crippen molar-refractivity contribution in [2.75, 3.05) is 0 Å². The van der Waals surface area contributed by atoms with E-state index in [4.69, 9.17) is 4.74 Å². The van der Waals surface area contributed by atoms with Gasteiger partial charge in [0.15, 0.2) is 0 Å². The number of halogens is 1. The van der Waals surface area contributed by atoms with Gasteiger partial charge in [-0.3, -0.25) is 0 Å². The first-order chi connectivity index (χ1) is 7.66. The van der Waals surface area contributed by atoms with Gasteiger partial charge in [-0.2, -0.15) is 9.37 Å². The number of hydrogen-bond acceptors (Lipinski definition) is 4. The van der Waals surface area contributed by atoms with Crippen LogP contribution in [0, 0.1) is 12.7 Å². The largest absolute Gasteiger partial charge is 0.508 e. The molecular weight excluding hydrogens is 211 g/mol. The maximum absolute atomic E-state index is 13.5. The Hall–Kier alpha value is -2.17. The Morgan fingerprint density at radius 2 is 2.12 bits per heavy atom. The SMILES string of the molecule is Cc1ncnc(Oc2cccc(O)c2)c1F. The summed E-state index contributed by atoms with van der Waals surface area (Å²) in [5.41, 5.74) is 0.213. The van der Waals surface area contributed by atoms with Crippen LogP contribution in [0.1, 0.15) is 5.69 Å². The molecule has 2 aromatic rings. The molecule has 0 unspecified atom stereocenters. The van der Waals surface area contributed by atoms with E-state index in [1.54, 1.807) is 12.1 Å². The number of nitrogens with zero attached hydrogens (tertiary/aromatic N) is 2. The van der Waals surface area contributed by atoms with E-state index < -0.39 is 5.82 Å². The molecule has 0 aliphatic carbocycles. The van der Waals surface area contributed by atoms with Crippen molar-refractivity contribution in [3.05, 3.63) is 42.1 Å². The number of aryl methyl sites for hydroxylation is 1. The molecule has 0 aliphatic rings. The van der Waals surface area contributed by atoms with Crippen LogP contribution < -0.4 is 4.74 Å². The van der Waals surface area contributed by atoms with E-state index in [0.29, 0.717) is 5.75 Å². The summed E-state index contributed by atoms with van der Waals surface area (Å²) in [6.07, 6.45) is 1.22. The Balaban J connectivity index is 2.31. The van der Waals surface area contributed by atoms with Gasteiger partial charge in [0, 0.05) is 6.07 Å². The number of rotatable bonds is 2. The van der Waals surface area contributed by atoms with Gasteiger partial charge < -0.3 is 9.84 Å². The second kappa shape index (κ2) is 4.14. The van der Waals surface area contributed by atoms with Gasteiger partial charge in [-0.1, -0.05) is 6.07 Å². The average Bonchev–Trinajstić information content (AvgIpc) is 2.25. The Labute approximate surface area is 91.4 Å². The number of phenols is 1. The summed E-state index contributed by atoms with van der Waals surface area (Å²) >= 11 is 0.